The molecule has 0 aliphatic carbocycles. The van der Waals surface area contributed by atoms with Crippen molar-refractivity contribution in [3.8, 4) is 0 Å². The zero-order chi connectivity index (χ0) is 62.6. The normalized spacial score (nSPS) is 13.6. The number of carbonyl (C=O) groups excluding carboxylic acids is 2. The minimum atomic E-state index is -4.40. The summed E-state index contributed by atoms with van der Waals surface area (Å²) in [6.07, 6.45) is 91.2. The van der Waals surface area contributed by atoms with E-state index in [1.54, 1.807) is 0 Å². The fourth-order valence-electron chi connectivity index (χ4n) is 10.4. The molecule has 0 aliphatic rings. The van der Waals surface area contributed by atoms with Crippen LogP contribution in [0.4, 0.5) is 0 Å². The smallest absolute Gasteiger partial charge is 0.462 e. The quantitative estimate of drug-likeness (QED) is 0.0211. The Balaban J connectivity index is 4.03. The summed E-state index contributed by atoms with van der Waals surface area (Å²) in [5.41, 5.74) is 0. The number of likely N-dealkylation sites (N-methyl/N-ethyl adjacent to an activating group) is 1. The molecule has 1 N–H and O–H groups in total. The number of rotatable bonds is 67. The van der Waals surface area contributed by atoms with Crippen molar-refractivity contribution in [2.75, 3.05) is 47.5 Å². The lowest BCUT2D eigenvalue weighted by Crippen LogP contribution is -2.37. The summed E-state index contributed by atoms with van der Waals surface area (Å²) in [5.74, 6) is -0.788. The van der Waals surface area contributed by atoms with E-state index in [0.717, 1.165) is 89.9 Å². The number of quaternary nitrogens is 1. The van der Waals surface area contributed by atoms with Crippen molar-refractivity contribution < 1.29 is 42.1 Å². The molecular weight excluding hydrogens is 1090 g/mol. The van der Waals surface area contributed by atoms with Crippen LogP contribution in [0.3, 0.4) is 0 Å². The number of ether oxygens (including phenoxy) is 2. The topological polar surface area (TPSA) is 108 Å². The van der Waals surface area contributed by atoms with Crippen molar-refractivity contribution in [3.05, 3.63) is 85.1 Å². The third kappa shape index (κ3) is 70.3. The number of carbonyl (C=O) groups is 2. The predicted molar refractivity (Wildman–Crippen MR) is 372 cm³/mol. The van der Waals surface area contributed by atoms with Gasteiger partial charge in [0.15, 0.2) is 6.10 Å². The standard InChI is InChI=1S/C76H138NO8P/c1-6-8-10-12-14-16-18-20-22-24-26-28-30-32-34-36-37-38-39-41-43-45-47-49-51-53-55-57-59-61-63-65-67-69-76(79)85-74(73-84-86(80,81)83-71-70-77(3,4)5)72-82-75(78)68-66-64-62-60-58-56-54-52-50-48-46-44-42-40-35-33-31-29-27-25-23-21-19-17-15-13-11-9-7-2/h8,10,14,16,20,22,26,28,32,34,37-38,41,43,74H,6-7,9,11-13,15,17-19,21,23-25,27,29-31,33,35-36,39-40,42,44-73H2,1-5H3/p+1/b10-8-,16-14-,22-20-,28-26-,34-32-,38-37-,43-41-. The molecule has 0 amide bonds. The molecule has 86 heavy (non-hydrogen) atoms. The zero-order valence-corrected chi connectivity index (χ0v) is 57.9. The van der Waals surface area contributed by atoms with Gasteiger partial charge in [-0.25, -0.2) is 4.57 Å². The minimum Gasteiger partial charge on any atom is -0.462 e. The second-order valence-electron chi connectivity index (χ2n) is 25.6. The Hall–Kier alpha value is -2.81. The van der Waals surface area contributed by atoms with Crippen molar-refractivity contribution in [1.82, 2.24) is 0 Å². The first-order valence-electron chi connectivity index (χ1n) is 36.3. The van der Waals surface area contributed by atoms with Crippen LogP contribution in [0.25, 0.3) is 0 Å². The van der Waals surface area contributed by atoms with Gasteiger partial charge in [-0.3, -0.25) is 18.6 Å². The second kappa shape index (κ2) is 66.6. The van der Waals surface area contributed by atoms with E-state index in [4.69, 9.17) is 18.5 Å². The molecular formula is C76H139NO8P+. The van der Waals surface area contributed by atoms with Crippen LogP contribution in [0.1, 0.15) is 335 Å². The Morgan fingerprint density at radius 3 is 0.988 bits per heavy atom. The number of phosphoric acid groups is 1. The summed E-state index contributed by atoms with van der Waals surface area (Å²) in [5, 5.41) is 0. The SMILES string of the molecule is CC/C=C\C/C=C\C/C=C\C/C=C\C/C=C\C/C=C\C/C=C\CCCCCCCCCCCCCC(=O)OC(COC(=O)CCCCCCCCCCCCCCCCCCCCCCCCCCCCCCC)COP(=O)(O)OCC[N+](C)(C)C. The van der Waals surface area contributed by atoms with Gasteiger partial charge < -0.3 is 18.9 Å². The van der Waals surface area contributed by atoms with E-state index in [1.807, 2.05) is 21.1 Å². The molecule has 0 rings (SSSR count). The first-order valence-corrected chi connectivity index (χ1v) is 37.8. The second-order valence-corrected chi connectivity index (χ2v) is 27.1. The third-order valence-corrected chi connectivity index (χ3v) is 16.9. The highest BCUT2D eigenvalue weighted by Gasteiger charge is 2.27. The summed E-state index contributed by atoms with van der Waals surface area (Å²) in [6.45, 7) is 4.37. The lowest BCUT2D eigenvalue weighted by Gasteiger charge is -2.24. The third-order valence-electron chi connectivity index (χ3n) is 15.9. The van der Waals surface area contributed by atoms with Crippen molar-refractivity contribution >= 4 is 19.8 Å². The summed E-state index contributed by atoms with van der Waals surface area (Å²) in [6, 6.07) is 0. The molecule has 0 aromatic rings. The van der Waals surface area contributed by atoms with Crippen molar-refractivity contribution in [1.29, 1.82) is 0 Å². The van der Waals surface area contributed by atoms with E-state index in [2.05, 4.69) is 98.9 Å². The lowest BCUT2D eigenvalue weighted by molar-refractivity contribution is -0.870. The maximum absolute atomic E-state index is 12.9. The van der Waals surface area contributed by atoms with E-state index in [9.17, 15) is 19.0 Å². The van der Waals surface area contributed by atoms with E-state index in [0.29, 0.717) is 23.9 Å². The molecule has 0 fully saturated rings. The average Bonchev–Trinajstić information content (AvgIpc) is 3.70. The van der Waals surface area contributed by atoms with Crippen LogP contribution in [0.5, 0.6) is 0 Å². The number of hydrogen-bond donors (Lipinski definition) is 1. The van der Waals surface area contributed by atoms with Gasteiger partial charge in [-0.1, -0.05) is 336 Å². The number of esters is 2. The highest BCUT2D eigenvalue weighted by atomic mass is 31.2. The maximum Gasteiger partial charge on any atom is 0.472 e. The highest BCUT2D eigenvalue weighted by Crippen LogP contribution is 2.43. The van der Waals surface area contributed by atoms with Crippen molar-refractivity contribution in [2.45, 2.75) is 341 Å². The molecule has 0 saturated carbocycles. The maximum atomic E-state index is 12.9. The molecule has 10 heteroatoms. The number of hydrogen-bond acceptors (Lipinski definition) is 7. The van der Waals surface area contributed by atoms with E-state index < -0.39 is 26.5 Å². The van der Waals surface area contributed by atoms with Gasteiger partial charge in [-0.2, -0.15) is 0 Å². The van der Waals surface area contributed by atoms with E-state index >= 15 is 0 Å². The number of nitrogens with zero attached hydrogens (tertiary/aromatic N) is 1. The van der Waals surface area contributed by atoms with Gasteiger partial charge in [-0.15, -0.1) is 0 Å². The predicted octanol–water partition coefficient (Wildman–Crippen LogP) is 23.7. The van der Waals surface area contributed by atoms with Gasteiger partial charge in [0.1, 0.15) is 19.8 Å². The van der Waals surface area contributed by atoms with E-state index in [-0.39, 0.29) is 25.6 Å². The summed E-state index contributed by atoms with van der Waals surface area (Å²) < 4.78 is 34.8. The largest absolute Gasteiger partial charge is 0.472 e. The fourth-order valence-corrected chi connectivity index (χ4v) is 11.2. The molecule has 2 atom stereocenters. The fraction of sp³-hybridized carbons (Fsp3) is 0.789. The van der Waals surface area contributed by atoms with Crippen molar-refractivity contribution in [3.63, 3.8) is 0 Å². The Kier molecular flexibility index (Phi) is 64.4. The molecule has 500 valence electrons. The van der Waals surface area contributed by atoms with Crippen LogP contribution >= 0.6 is 7.82 Å². The monoisotopic (exact) mass is 1230 g/mol. The molecule has 0 saturated heterocycles. The van der Waals surface area contributed by atoms with Crippen LogP contribution < -0.4 is 0 Å². The molecule has 0 aromatic heterocycles. The van der Waals surface area contributed by atoms with Gasteiger partial charge in [0.25, 0.3) is 0 Å². The molecule has 2 unspecified atom stereocenters. The van der Waals surface area contributed by atoms with Crippen LogP contribution in [0.2, 0.25) is 0 Å². The summed E-state index contributed by atoms with van der Waals surface area (Å²) in [4.78, 5) is 35.9. The van der Waals surface area contributed by atoms with E-state index in [1.165, 1.54) is 212 Å². The number of unbranched alkanes of at least 4 members (excludes halogenated alkanes) is 39. The Morgan fingerprint density at radius 1 is 0.372 bits per heavy atom. The highest BCUT2D eigenvalue weighted by molar-refractivity contribution is 7.47. The summed E-state index contributed by atoms with van der Waals surface area (Å²) in [7, 11) is 1.48. The Labute approximate surface area is 532 Å². The van der Waals surface area contributed by atoms with Crippen LogP contribution in [-0.2, 0) is 32.7 Å². The van der Waals surface area contributed by atoms with Crippen molar-refractivity contribution in [2.24, 2.45) is 0 Å². The molecule has 0 heterocycles. The first-order chi connectivity index (χ1) is 42.0. The van der Waals surface area contributed by atoms with Crippen LogP contribution in [0, 0.1) is 0 Å². The number of allylic oxidation sites excluding steroid dienone is 14. The Bertz CT molecular complexity index is 1730. The van der Waals surface area contributed by atoms with Crippen LogP contribution in [0.15, 0.2) is 85.1 Å². The lowest BCUT2D eigenvalue weighted by atomic mass is 10.0. The van der Waals surface area contributed by atoms with Gasteiger partial charge in [0, 0.05) is 12.8 Å². The van der Waals surface area contributed by atoms with Crippen LogP contribution in [-0.4, -0.2) is 74.9 Å². The van der Waals surface area contributed by atoms with Gasteiger partial charge in [0.2, 0.25) is 0 Å². The molecule has 0 radical (unpaired) electrons. The average molecular weight is 1230 g/mol. The molecule has 0 aromatic carbocycles. The minimum absolute atomic E-state index is 0.0299. The van der Waals surface area contributed by atoms with Gasteiger partial charge in [0.05, 0.1) is 27.7 Å². The van der Waals surface area contributed by atoms with Gasteiger partial charge in [-0.05, 0) is 70.6 Å². The number of phosphoric ester groups is 1. The molecule has 9 nitrogen and oxygen atoms in total. The van der Waals surface area contributed by atoms with Gasteiger partial charge >= 0.3 is 19.8 Å². The molecule has 0 aliphatic heterocycles. The molecule has 0 bridgehead atoms. The molecule has 0 spiro atoms. The Morgan fingerprint density at radius 2 is 0.663 bits per heavy atom. The summed E-state index contributed by atoms with van der Waals surface area (Å²) >= 11 is 0. The zero-order valence-electron chi connectivity index (χ0n) is 57.0. The first kappa shape index (κ1) is 83.2.